The number of carbonyl (C=O) groups is 2. The number of fused-ring (bicyclic) bond motifs is 5. The SMILES string of the molecule is CCC(=O)OC1CCC2(C)C(CC[C@@H]3[C@@H]2CCC2(C)C(C4=CC(=O)CC4)CCC32O)C1. The summed E-state index contributed by atoms with van der Waals surface area (Å²) in [5.41, 5.74) is 0.865. The summed E-state index contributed by atoms with van der Waals surface area (Å²) < 4.78 is 5.73. The van der Waals surface area contributed by atoms with Crippen molar-refractivity contribution in [1.29, 1.82) is 0 Å². The van der Waals surface area contributed by atoms with Crippen molar-refractivity contribution in [1.82, 2.24) is 0 Å². The van der Waals surface area contributed by atoms with Crippen LogP contribution in [0.5, 0.6) is 0 Å². The number of allylic oxidation sites excluding steroid dienone is 2. The summed E-state index contributed by atoms with van der Waals surface area (Å²) in [5.74, 6) is 2.10. The van der Waals surface area contributed by atoms with Gasteiger partial charge < -0.3 is 9.84 Å². The van der Waals surface area contributed by atoms with Crippen molar-refractivity contribution in [2.75, 3.05) is 0 Å². The Balaban J connectivity index is 1.37. The second-order valence-corrected chi connectivity index (χ2v) is 11.9. The van der Waals surface area contributed by atoms with Gasteiger partial charge in [-0.15, -0.1) is 0 Å². The molecule has 6 unspecified atom stereocenters. The molecular formula is C27H40O4. The Hall–Kier alpha value is -1.16. The Labute approximate surface area is 187 Å². The van der Waals surface area contributed by atoms with Crippen LogP contribution in [0.1, 0.15) is 97.8 Å². The number of carbonyl (C=O) groups excluding carboxylic acids is 2. The van der Waals surface area contributed by atoms with Crippen LogP contribution in [-0.4, -0.2) is 28.6 Å². The molecule has 5 rings (SSSR count). The third kappa shape index (κ3) is 3.10. The van der Waals surface area contributed by atoms with E-state index in [-0.39, 0.29) is 28.7 Å². The molecule has 4 saturated carbocycles. The fourth-order valence-electron chi connectivity index (χ4n) is 9.05. The van der Waals surface area contributed by atoms with E-state index >= 15 is 0 Å². The molecule has 5 aliphatic rings. The van der Waals surface area contributed by atoms with Crippen LogP contribution in [0.15, 0.2) is 11.6 Å². The summed E-state index contributed by atoms with van der Waals surface area (Å²) in [6.07, 6.45) is 13.5. The minimum absolute atomic E-state index is 0.0678. The third-order valence-electron chi connectivity index (χ3n) is 10.8. The molecule has 1 N–H and O–H groups in total. The van der Waals surface area contributed by atoms with E-state index in [2.05, 4.69) is 13.8 Å². The van der Waals surface area contributed by atoms with E-state index in [0.29, 0.717) is 36.5 Å². The number of ketones is 1. The summed E-state index contributed by atoms with van der Waals surface area (Å²) in [7, 11) is 0. The second kappa shape index (κ2) is 7.43. The van der Waals surface area contributed by atoms with Gasteiger partial charge >= 0.3 is 5.97 Å². The molecule has 0 heterocycles. The molecule has 4 nitrogen and oxygen atoms in total. The van der Waals surface area contributed by atoms with Gasteiger partial charge in [0.05, 0.1) is 5.60 Å². The smallest absolute Gasteiger partial charge is 0.305 e. The Morgan fingerprint density at radius 2 is 1.87 bits per heavy atom. The molecule has 0 spiro atoms. The number of ether oxygens (including phenoxy) is 1. The fraction of sp³-hybridized carbons (Fsp3) is 0.852. The highest BCUT2D eigenvalue weighted by atomic mass is 16.5. The first-order chi connectivity index (χ1) is 14.7. The number of rotatable bonds is 3. The average Bonchev–Trinajstić information content (AvgIpc) is 3.28. The first kappa shape index (κ1) is 21.7. The van der Waals surface area contributed by atoms with Crippen molar-refractivity contribution in [3.8, 4) is 0 Å². The van der Waals surface area contributed by atoms with Crippen molar-refractivity contribution in [3.63, 3.8) is 0 Å². The van der Waals surface area contributed by atoms with Gasteiger partial charge in [0.15, 0.2) is 5.78 Å². The van der Waals surface area contributed by atoms with E-state index in [4.69, 9.17) is 4.74 Å². The molecule has 0 bridgehead atoms. The Kier molecular flexibility index (Phi) is 5.20. The number of esters is 1. The topological polar surface area (TPSA) is 63.6 Å². The minimum atomic E-state index is -0.605. The quantitative estimate of drug-likeness (QED) is 0.614. The van der Waals surface area contributed by atoms with E-state index in [1.165, 1.54) is 12.0 Å². The number of aliphatic hydroxyl groups is 1. The van der Waals surface area contributed by atoms with Gasteiger partial charge in [0.2, 0.25) is 0 Å². The van der Waals surface area contributed by atoms with Crippen molar-refractivity contribution >= 4 is 11.8 Å². The highest BCUT2D eigenvalue weighted by molar-refractivity contribution is 5.93. The van der Waals surface area contributed by atoms with Crippen molar-refractivity contribution < 1.29 is 19.4 Å². The summed E-state index contributed by atoms with van der Waals surface area (Å²) in [6.45, 7) is 6.68. The molecule has 0 aromatic carbocycles. The lowest BCUT2D eigenvalue weighted by atomic mass is 9.43. The molecule has 0 saturated heterocycles. The van der Waals surface area contributed by atoms with Crippen LogP contribution in [0.25, 0.3) is 0 Å². The van der Waals surface area contributed by atoms with E-state index in [1.807, 2.05) is 13.0 Å². The molecule has 0 aromatic heterocycles. The highest BCUT2D eigenvalue weighted by Crippen LogP contribution is 2.70. The Bertz CT molecular complexity index is 801. The molecule has 0 aromatic rings. The monoisotopic (exact) mass is 428 g/mol. The summed E-state index contributed by atoms with van der Waals surface area (Å²) >= 11 is 0. The van der Waals surface area contributed by atoms with E-state index in [9.17, 15) is 14.7 Å². The molecular weight excluding hydrogens is 388 g/mol. The van der Waals surface area contributed by atoms with Crippen LogP contribution in [0, 0.1) is 34.5 Å². The van der Waals surface area contributed by atoms with Gasteiger partial charge in [-0.1, -0.05) is 26.3 Å². The minimum Gasteiger partial charge on any atom is -0.462 e. The second-order valence-electron chi connectivity index (χ2n) is 11.9. The van der Waals surface area contributed by atoms with E-state index in [1.54, 1.807) is 0 Å². The molecule has 0 amide bonds. The van der Waals surface area contributed by atoms with Crippen molar-refractivity contribution in [2.24, 2.45) is 34.5 Å². The van der Waals surface area contributed by atoms with Crippen LogP contribution in [0.3, 0.4) is 0 Å². The lowest BCUT2D eigenvalue weighted by Gasteiger charge is -2.63. The number of hydrogen-bond donors (Lipinski definition) is 1. The molecule has 0 aliphatic heterocycles. The van der Waals surface area contributed by atoms with Gasteiger partial charge in [-0.05, 0) is 99.4 Å². The molecule has 4 heteroatoms. The fourth-order valence-corrected chi connectivity index (χ4v) is 9.05. The first-order valence-electron chi connectivity index (χ1n) is 12.9. The summed E-state index contributed by atoms with van der Waals surface area (Å²) in [5, 5.41) is 12.3. The lowest BCUT2D eigenvalue weighted by molar-refractivity contribution is -0.210. The zero-order valence-electron chi connectivity index (χ0n) is 19.6. The van der Waals surface area contributed by atoms with Crippen molar-refractivity contribution in [3.05, 3.63) is 11.6 Å². The third-order valence-corrected chi connectivity index (χ3v) is 10.8. The zero-order chi connectivity index (χ0) is 22.0. The lowest BCUT2D eigenvalue weighted by Crippen LogP contribution is -2.62. The Morgan fingerprint density at radius 1 is 1.06 bits per heavy atom. The largest absolute Gasteiger partial charge is 0.462 e. The molecule has 172 valence electrons. The van der Waals surface area contributed by atoms with Gasteiger partial charge in [-0.25, -0.2) is 0 Å². The molecule has 8 atom stereocenters. The first-order valence-corrected chi connectivity index (χ1v) is 12.9. The molecule has 4 fully saturated rings. The van der Waals surface area contributed by atoms with Gasteiger partial charge in [0.25, 0.3) is 0 Å². The zero-order valence-corrected chi connectivity index (χ0v) is 19.6. The van der Waals surface area contributed by atoms with E-state index in [0.717, 1.165) is 57.8 Å². The maximum absolute atomic E-state index is 12.3. The Morgan fingerprint density at radius 3 is 2.58 bits per heavy atom. The van der Waals surface area contributed by atoms with Gasteiger partial charge in [-0.2, -0.15) is 0 Å². The predicted molar refractivity (Wildman–Crippen MR) is 119 cm³/mol. The van der Waals surface area contributed by atoms with Crippen LogP contribution < -0.4 is 0 Å². The summed E-state index contributed by atoms with van der Waals surface area (Å²) in [4.78, 5) is 23.8. The maximum atomic E-state index is 12.3. The highest BCUT2D eigenvalue weighted by Gasteiger charge is 2.67. The molecule has 0 radical (unpaired) electrons. The average molecular weight is 429 g/mol. The van der Waals surface area contributed by atoms with Crippen LogP contribution in [0.2, 0.25) is 0 Å². The van der Waals surface area contributed by atoms with Gasteiger partial charge in [-0.3, -0.25) is 9.59 Å². The summed E-state index contributed by atoms with van der Waals surface area (Å²) in [6, 6.07) is 0. The van der Waals surface area contributed by atoms with Gasteiger partial charge in [0.1, 0.15) is 6.10 Å². The maximum Gasteiger partial charge on any atom is 0.305 e. The molecule has 31 heavy (non-hydrogen) atoms. The van der Waals surface area contributed by atoms with Gasteiger partial charge in [0, 0.05) is 18.3 Å². The van der Waals surface area contributed by atoms with Crippen molar-refractivity contribution in [2.45, 2.75) is 110 Å². The van der Waals surface area contributed by atoms with E-state index < -0.39 is 5.60 Å². The van der Waals surface area contributed by atoms with Crippen LogP contribution in [0.4, 0.5) is 0 Å². The van der Waals surface area contributed by atoms with Crippen LogP contribution >= 0.6 is 0 Å². The standard InChI is InChI=1S/C27H40O4/c1-4-24(29)31-20-9-12-25(2)18(16-20)6-8-23-22(25)10-13-26(3)21(11-14-27(23,26)30)17-5-7-19(28)15-17/h15,18,20-23,30H,4-14,16H2,1-3H3/t18?,20?,21?,22-,23+,25?,26?,27?/m0/s1. The van der Waals surface area contributed by atoms with Crippen LogP contribution in [-0.2, 0) is 14.3 Å². The number of hydrogen-bond acceptors (Lipinski definition) is 4. The normalized spacial score (nSPS) is 49.1. The molecule has 5 aliphatic carbocycles. The predicted octanol–water partition coefficient (Wildman–Crippen LogP) is 5.37.